The SMILES string of the molecule is Cc1[nH]c(C=C2C(=O)Nc3ccc(S(=O)(=O)Cc4c(Cl)cccc4Cl)cc32)c(C)c1C(=O)N1CCC[C@@H]1CN1CCC[C@H]1CO. The van der Waals surface area contributed by atoms with Crippen LogP contribution >= 0.6 is 23.2 Å². The Balaban J connectivity index is 1.28. The second kappa shape index (κ2) is 12.6. The predicted octanol–water partition coefficient (Wildman–Crippen LogP) is 5.47. The van der Waals surface area contributed by atoms with E-state index in [0.29, 0.717) is 45.9 Å². The molecule has 2 aromatic carbocycles. The molecule has 0 spiro atoms. The molecule has 2 fully saturated rings. The second-order valence-electron chi connectivity index (χ2n) is 12.1. The summed E-state index contributed by atoms with van der Waals surface area (Å²) in [5, 5.41) is 13.1. The first-order chi connectivity index (χ1) is 21.5. The molecule has 3 aromatic rings. The van der Waals surface area contributed by atoms with Crippen LogP contribution in [0.5, 0.6) is 0 Å². The molecule has 3 aliphatic heterocycles. The number of nitrogens with zero attached hydrogens (tertiary/aromatic N) is 2. The number of hydrogen-bond acceptors (Lipinski definition) is 6. The number of rotatable bonds is 8. The van der Waals surface area contributed by atoms with Gasteiger partial charge in [-0.05, 0) is 88.0 Å². The molecule has 2 saturated heterocycles. The van der Waals surface area contributed by atoms with E-state index in [9.17, 15) is 23.1 Å². The summed E-state index contributed by atoms with van der Waals surface area (Å²) >= 11 is 12.5. The average molecular weight is 672 g/mol. The lowest BCUT2D eigenvalue weighted by molar-refractivity contribution is -0.110. The summed E-state index contributed by atoms with van der Waals surface area (Å²) in [6, 6.07) is 9.59. The molecule has 3 aliphatic rings. The molecule has 0 unspecified atom stereocenters. The third kappa shape index (κ3) is 6.06. The molecule has 12 heteroatoms. The number of nitrogens with one attached hydrogen (secondary N) is 2. The zero-order chi connectivity index (χ0) is 32.0. The van der Waals surface area contributed by atoms with Crippen molar-refractivity contribution in [3.05, 3.63) is 80.1 Å². The number of anilines is 1. The van der Waals surface area contributed by atoms with Gasteiger partial charge in [0.15, 0.2) is 9.84 Å². The second-order valence-corrected chi connectivity index (χ2v) is 14.9. The summed E-state index contributed by atoms with van der Waals surface area (Å²) in [7, 11) is -3.86. The predicted molar refractivity (Wildman–Crippen MR) is 176 cm³/mol. The van der Waals surface area contributed by atoms with Gasteiger partial charge in [0.1, 0.15) is 0 Å². The highest BCUT2D eigenvalue weighted by molar-refractivity contribution is 7.90. The number of sulfone groups is 1. The van der Waals surface area contributed by atoms with Gasteiger partial charge in [-0.3, -0.25) is 14.5 Å². The maximum atomic E-state index is 13.9. The molecule has 0 bridgehead atoms. The highest BCUT2D eigenvalue weighted by Crippen LogP contribution is 2.37. The standard InChI is InChI=1S/C33H36Cl2N4O5S/c1-19-30(36-20(2)31(19)33(42)39-13-5-6-21(39)16-38-12-4-7-22(38)17-40)15-25-24-14-23(10-11-29(24)37-32(25)41)45(43,44)18-26-27(34)8-3-9-28(26)35/h3,8-11,14-15,21-22,36,40H,4-7,12-13,16-18H2,1-2H3,(H,37,41)/t21-,22+/m1/s1. The maximum absolute atomic E-state index is 13.9. The van der Waals surface area contributed by atoms with Crippen LogP contribution < -0.4 is 5.32 Å². The highest BCUT2D eigenvalue weighted by Gasteiger charge is 2.36. The van der Waals surface area contributed by atoms with Crippen molar-refractivity contribution in [3.8, 4) is 0 Å². The van der Waals surface area contributed by atoms with Crippen molar-refractivity contribution >= 4 is 62.2 Å². The number of carbonyl (C=O) groups excluding carboxylic acids is 2. The Labute approximate surface area is 273 Å². The summed E-state index contributed by atoms with van der Waals surface area (Å²) in [5.74, 6) is -0.797. The Morgan fingerprint density at radius 1 is 1.07 bits per heavy atom. The first kappa shape index (κ1) is 31.8. The van der Waals surface area contributed by atoms with E-state index in [0.717, 1.165) is 44.3 Å². The van der Waals surface area contributed by atoms with Gasteiger partial charge in [0.25, 0.3) is 11.8 Å². The first-order valence-electron chi connectivity index (χ1n) is 15.2. The summed E-state index contributed by atoms with van der Waals surface area (Å²) in [6.45, 7) is 6.20. The summed E-state index contributed by atoms with van der Waals surface area (Å²) in [6.07, 6.45) is 5.56. The van der Waals surface area contributed by atoms with Gasteiger partial charge >= 0.3 is 0 Å². The lowest BCUT2D eigenvalue weighted by Gasteiger charge is -2.31. The molecular weight excluding hydrogens is 635 g/mol. The summed E-state index contributed by atoms with van der Waals surface area (Å²) < 4.78 is 26.8. The summed E-state index contributed by atoms with van der Waals surface area (Å²) in [4.78, 5) is 34.6. The van der Waals surface area contributed by atoms with E-state index in [1.54, 1.807) is 30.3 Å². The Morgan fingerprint density at radius 2 is 1.78 bits per heavy atom. The fourth-order valence-electron chi connectivity index (χ4n) is 6.88. The number of aliphatic hydroxyl groups excluding tert-OH is 1. The maximum Gasteiger partial charge on any atom is 0.256 e. The Hall–Kier alpha value is -3.15. The number of fused-ring (bicyclic) bond motifs is 1. The molecule has 45 heavy (non-hydrogen) atoms. The van der Waals surface area contributed by atoms with Crippen molar-refractivity contribution in [2.24, 2.45) is 0 Å². The number of carbonyl (C=O) groups is 2. The third-order valence-corrected chi connectivity index (χ3v) is 11.7. The van der Waals surface area contributed by atoms with Crippen LogP contribution in [0.4, 0.5) is 5.69 Å². The molecule has 0 aliphatic carbocycles. The van der Waals surface area contributed by atoms with Crippen molar-refractivity contribution in [3.63, 3.8) is 0 Å². The fourth-order valence-corrected chi connectivity index (χ4v) is 9.00. The topological polar surface area (TPSA) is 123 Å². The minimum Gasteiger partial charge on any atom is -0.395 e. The number of aliphatic hydroxyl groups is 1. The van der Waals surface area contributed by atoms with Gasteiger partial charge in [0.05, 0.1) is 28.4 Å². The monoisotopic (exact) mass is 670 g/mol. The average Bonchev–Trinajstić information content (AvgIpc) is 3.78. The van der Waals surface area contributed by atoms with Gasteiger partial charge in [-0.1, -0.05) is 29.3 Å². The van der Waals surface area contributed by atoms with Crippen LogP contribution in [-0.2, 0) is 20.4 Å². The van der Waals surface area contributed by atoms with Crippen molar-refractivity contribution in [2.75, 3.05) is 31.6 Å². The fraction of sp³-hybridized carbons (Fsp3) is 0.394. The zero-order valence-corrected chi connectivity index (χ0v) is 27.5. The van der Waals surface area contributed by atoms with Gasteiger partial charge in [-0.2, -0.15) is 0 Å². The van der Waals surface area contributed by atoms with E-state index < -0.39 is 9.84 Å². The number of aryl methyl sites for hydroxylation is 1. The van der Waals surface area contributed by atoms with Gasteiger partial charge in [-0.25, -0.2) is 8.42 Å². The number of aromatic amines is 1. The molecule has 2 atom stereocenters. The van der Waals surface area contributed by atoms with Crippen LogP contribution in [0.1, 0.15) is 64.1 Å². The van der Waals surface area contributed by atoms with Crippen LogP contribution in [-0.4, -0.2) is 78.4 Å². The van der Waals surface area contributed by atoms with Crippen LogP contribution in [0.3, 0.4) is 0 Å². The zero-order valence-electron chi connectivity index (χ0n) is 25.2. The van der Waals surface area contributed by atoms with Crippen molar-refractivity contribution in [1.82, 2.24) is 14.8 Å². The van der Waals surface area contributed by atoms with Gasteiger partial charge < -0.3 is 20.3 Å². The van der Waals surface area contributed by atoms with E-state index >= 15 is 0 Å². The van der Waals surface area contributed by atoms with Crippen molar-refractivity contribution < 1.29 is 23.1 Å². The normalized spacial score (nSPS) is 21.1. The van der Waals surface area contributed by atoms with Crippen LogP contribution in [0.25, 0.3) is 11.6 Å². The molecule has 238 valence electrons. The number of likely N-dealkylation sites (tertiary alicyclic amines) is 2. The molecule has 2 amide bonds. The minimum atomic E-state index is -3.86. The quantitative estimate of drug-likeness (QED) is 0.273. The number of aromatic nitrogens is 1. The molecule has 3 N–H and O–H groups in total. The van der Waals surface area contributed by atoms with E-state index in [1.165, 1.54) is 12.1 Å². The van der Waals surface area contributed by atoms with Crippen molar-refractivity contribution in [1.29, 1.82) is 0 Å². The van der Waals surface area contributed by atoms with E-state index in [4.69, 9.17) is 23.2 Å². The molecule has 4 heterocycles. The van der Waals surface area contributed by atoms with Crippen LogP contribution in [0, 0.1) is 13.8 Å². The third-order valence-electron chi connectivity index (χ3n) is 9.30. The molecule has 0 saturated carbocycles. The smallest absolute Gasteiger partial charge is 0.256 e. The molecule has 6 rings (SSSR count). The number of amides is 2. The van der Waals surface area contributed by atoms with E-state index in [-0.39, 0.29) is 51.2 Å². The largest absolute Gasteiger partial charge is 0.395 e. The van der Waals surface area contributed by atoms with Crippen molar-refractivity contribution in [2.45, 2.75) is 62.3 Å². The Bertz CT molecular complexity index is 1800. The Kier molecular flexibility index (Phi) is 8.88. The molecule has 0 radical (unpaired) electrons. The number of benzene rings is 2. The van der Waals surface area contributed by atoms with Crippen LogP contribution in [0.2, 0.25) is 10.0 Å². The van der Waals surface area contributed by atoms with Crippen LogP contribution in [0.15, 0.2) is 41.3 Å². The van der Waals surface area contributed by atoms with Gasteiger partial charge in [-0.15, -0.1) is 0 Å². The Morgan fingerprint density at radius 3 is 2.51 bits per heavy atom. The molecule has 9 nitrogen and oxygen atoms in total. The van der Waals surface area contributed by atoms with E-state index in [2.05, 4.69) is 15.2 Å². The number of halogens is 2. The lowest BCUT2D eigenvalue weighted by atomic mass is 10.0. The summed E-state index contributed by atoms with van der Waals surface area (Å²) in [5.41, 5.74) is 4.19. The molecule has 1 aromatic heterocycles. The van der Waals surface area contributed by atoms with Gasteiger partial charge in [0.2, 0.25) is 0 Å². The molecular formula is C33H36Cl2N4O5S. The number of H-pyrrole nitrogens is 1. The minimum absolute atomic E-state index is 0.0383. The number of hydrogen-bond donors (Lipinski definition) is 3. The first-order valence-corrected chi connectivity index (χ1v) is 17.6. The highest BCUT2D eigenvalue weighted by atomic mass is 35.5. The van der Waals surface area contributed by atoms with E-state index in [1.807, 2.05) is 18.7 Å². The van der Waals surface area contributed by atoms with Gasteiger partial charge in [0, 0.05) is 63.4 Å². The lowest BCUT2D eigenvalue weighted by Crippen LogP contribution is -2.45.